The van der Waals surface area contributed by atoms with Gasteiger partial charge in [-0.3, -0.25) is 4.79 Å². The lowest BCUT2D eigenvalue weighted by Gasteiger charge is -2.29. The molecule has 0 spiro atoms. The molecule has 0 unspecified atom stereocenters. The summed E-state index contributed by atoms with van der Waals surface area (Å²) in [4.78, 5) is 12.4. The Morgan fingerprint density at radius 2 is 1.83 bits per heavy atom. The second-order valence-electron chi connectivity index (χ2n) is 7.48. The quantitative estimate of drug-likeness (QED) is 0.481. The molecule has 0 bridgehead atoms. The second-order valence-corrected chi connectivity index (χ2v) is 7.48. The average molecular weight is 405 g/mol. The number of fused-ring (bicyclic) bond motifs is 1. The maximum absolute atomic E-state index is 12.4. The molecule has 2 aromatic carbocycles. The van der Waals surface area contributed by atoms with Crippen LogP contribution in [0.15, 0.2) is 52.9 Å². The van der Waals surface area contributed by atoms with Gasteiger partial charge < -0.3 is 14.5 Å². The number of carbonyl (C=O) groups is 1. The molecule has 0 radical (unpaired) electrons. The molecule has 0 atom stereocenters. The highest BCUT2D eigenvalue weighted by atomic mass is 16.5. The van der Waals surface area contributed by atoms with E-state index in [-0.39, 0.29) is 5.97 Å². The monoisotopic (exact) mass is 404 g/mol. The van der Waals surface area contributed by atoms with E-state index in [0.717, 1.165) is 40.7 Å². The molecule has 0 saturated carbocycles. The van der Waals surface area contributed by atoms with Gasteiger partial charge in [0.15, 0.2) is 0 Å². The Balaban J connectivity index is 1.71. The first-order chi connectivity index (χ1) is 14.5. The van der Waals surface area contributed by atoms with Crippen LogP contribution in [0, 0.1) is 16.7 Å². The van der Waals surface area contributed by atoms with Gasteiger partial charge in [0.25, 0.3) is 0 Å². The number of nitrogens with one attached hydrogen (secondary N) is 1. The number of nitriles is 1. The van der Waals surface area contributed by atoms with Crippen LogP contribution in [-0.4, -0.2) is 19.1 Å². The lowest BCUT2D eigenvalue weighted by Crippen LogP contribution is -2.41. The van der Waals surface area contributed by atoms with E-state index in [9.17, 15) is 4.79 Å². The van der Waals surface area contributed by atoms with Crippen molar-refractivity contribution < 1.29 is 13.9 Å². The number of benzene rings is 2. The molecular weight excluding hydrogens is 376 g/mol. The third kappa shape index (κ3) is 4.55. The van der Waals surface area contributed by atoms with Gasteiger partial charge in [-0.2, -0.15) is 5.26 Å². The fraction of sp³-hybridized carbons (Fsp3) is 0.360. The van der Waals surface area contributed by atoms with E-state index >= 15 is 0 Å². The Labute approximate surface area is 177 Å². The summed E-state index contributed by atoms with van der Waals surface area (Å²) >= 11 is 0. The molecule has 0 amide bonds. The average Bonchev–Trinajstić information content (AvgIpc) is 3.20. The standard InChI is InChI=1S/C25H28N2O3/c1-4-25(5-2,24(28)29-6-3)17-27-16-19-9-12-22-21(13-19)14-23(30-22)20-10-7-18(15-26)8-11-20/h7-14,27H,4-6,16-17H2,1-3H3. The summed E-state index contributed by atoms with van der Waals surface area (Å²) in [5.41, 5.74) is 3.02. The van der Waals surface area contributed by atoms with Gasteiger partial charge in [-0.15, -0.1) is 0 Å². The third-order valence-electron chi connectivity index (χ3n) is 5.73. The number of nitrogens with zero attached hydrogens (tertiary/aromatic N) is 1. The summed E-state index contributed by atoms with van der Waals surface area (Å²) in [5.74, 6) is 0.651. The topological polar surface area (TPSA) is 75.3 Å². The Kier molecular flexibility index (Phi) is 6.91. The number of furan rings is 1. The van der Waals surface area contributed by atoms with Gasteiger partial charge in [-0.1, -0.05) is 19.9 Å². The van der Waals surface area contributed by atoms with Crippen LogP contribution in [-0.2, 0) is 16.1 Å². The molecule has 0 aliphatic carbocycles. The highest BCUT2D eigenvalue weighted by Gasteiger charge is 2.35. The van der Waals surface area contributed by atoms with Gasteiger partial charge in [0.05, 0.1) is 23.7 Å². The van der Waals surface area contributed by atoms with Crippen LogP contribution >= 0.6 is 0 Å². The zero-order valence-electron chi connectivity index (χ0n) is 17.8. The van der Waals surface area contributed by atoms with E-state index in [1.807, 2.05) is 51.1 Å². The summed E-state index contributed by atoms with van der Waals surface area (Å²) in [6.45, 7) is 7.55. The van der Waals surface area contributed by atoms with Gasteiger partial charge in [0.2, 0.25) is 0 Å². The highest BCUT2D eigenvalue weighted by Crippen LogP contribution is 2.30. The Hall–Kier alpha value is -3.10. The highest BCUT2D eigenvalue weighted by molar-refractivity contribution is 5.83. The van der Waals surface area contributed by atoms with Gasteiger partial charge >= 0.3 is 5.97 Å². The molecule has 0 fully saturated rings. The molecule has 3 aromatic rings. The Morgan fingerprint density at radius 3 is 2.47 bits per heavy atom. The minimum Gasteiger partial charge on any atom is -0.466 e. The largest absolute Gasteiger partial charge is 0.466 e. The van der Waals surface area contributed by atoms with Crippen LogP contribution in [0.4, 0.5) is 0 Å². The first-order valence-electron chi connectivity index (χ1n) is 10.5. The fourth-order valence-electron chi connectivity index (χ4n) is 3.65. The summed E-state index contributed by atoms with van der Waals surface area (Å²) in [5, 5.41) is 13.4. The van der Waals surface area contributed by atoms with Crippen molar-refractivity contribution in [2.24, 2.45) is 5.41 Å². The summed E-state index contributed by atoms with van der Waals surface area (Å²) in [7, 11) is 0. The molecule has 1 aromatic heterocycles. The van der Waals surface area contributed by atoms with Crippen molar-refractivity contribution in [2.75, 3.05) is 13.2 Å². The number of rotatable bonds is 9. The maximum Gasteiger partial charge on any atom is 0.313 e. The summed E-state index contributed by atoms with van der Waals surface area (Å²) in [6.07, 6.45) is 1.48. The zero-order chi connectivity index (χ0) is 21.6. The number of carbonyl (C=O) groups excluding carboxylic acids is 1. The maximum atomic E-state index is 12.4. The predicted molar refractivity (Wildman–Crippen MR) is 118 cm³/mol. The lowest BCUT2D eigenvalue weighted by atomic mass is 9.82. The smallest absolute Gasteiger partial charge is 0.313 e. The van der Waals surface area contributed by atoms with Crippen molar-refractivity contribution in [3.63, 3.8) is 0 Å². The minimum atomic E-state index is -0.488. The van der Waals surface area contributed by atoms with Crippen molar-refractivity contribution in [2.45, 2.75) is 40.2 Å². The third-order valence-corrected chi connectivity index (χ3v) is 5.73. The Morgan fingerprint density at radius 1 is 1.10 bits per heavy atom. The molecule has 1 heterocycles. The van der Waals surface area contributed by atoms with Crippen molar-refractivity contribution in [1.29, 1.82) is 5.26 Å². The number of esters is 1. The number of ether oxygens (including phenoxy) is 1. The van der Waals surface area contributed by atoms with Crippen LogP contribution in [0.2, 0.25) is 0 Å². The molecule has 5 nitrogen and oxygen atoms in total. The first kappa shape index (κ1) is 21.6. The van der Waals surface area contributed by atoms with Gasteiger partial charge in [0.1, 0.15) is 11.3 Å². The first-order valence-corrected chi connectivity index (χ1v) is 10.5. The minimum absolute atomic E-state index is 0.125. The molecule has 0 aliphatic heterocycles. The Bertz CT molecular complexity index is 1040. The van der Waals surface area contributed by atoms with Crippen LogP contribution in [0.25, 0.3) is 22.3 Å². The second kappa shape index (κ2) is 9.60. The van der Waals surface area contributed by atoms with Crippen LogP contribution < -0.4 is 5.32 Å². The molecule has 1 N–H and O–H groups in total. The van der Waals surface area contributed by atoms with E-state index in [0.29, 0.717) is 25.3 Å². The zero-order valence-corrected chi connectivity index (χ0v) is 17.8. The van der Waals surface area contributed by atoms with Crippen LogP contribution in [0.1, 0.15) is 44.7 Å². The number of hydrogen-bond acceptors (Lipinski definition) is 5. The van der Waals surface area contributed by atoms with Crippen LogP contribution in [0.3, 0.4) is 0 Å². The molecular formula is C25H28N2O3. The molecule has 5 heteroatoms. The number of hydrogen-bond donors (Lipinski definition) is 1. The normalized spacial score (nSPS) is 11.4. The summed E-state index contributed by atoms with van der Waals surface area (Å²) in [6, 6.07) is 17.6. The lowest BCUT2D eigenvalue weighted by molar-refractivity contribution is -0.155. The van der Waals surface area contributed by atoms with E-state index in [2.05, 4.69) is 17.5 Å². The molecule has 156 valence electrons. The fourth-order valence-corrected chi connectivity index (χ4v) is 3.65. The molecule has 30 heavy (non-hydrogen) atoms. The van der Waals surface area contributed by atoms with Crippen molar-refractivity contribution in [3.8, 4) is 17.4 Å². The van der Waals surface area contributed by atoms with E-state index < -0.39 is 5.41 Å². The molecule has 0 saturated heterocycles. The van der Waals surface area contributed by atoms with Crippen molar-refractivity contribution in [3.05, 3.63) is 59.7 Å². The SMILES string of the molecule is CCOC(=O)C(CC)(CC)CNCc1ccc2oc(-c3ccc(C#N)cc3)cc2c1. The van der Waals surface area contributed by atoms with E-state index in [1.54, 1.807) is 12.1 Å². The van der Waals surface area contributed by atoms with Crippen LogP contribution in [0.5, 0.6) is 0 Å². The molecule has 0 aliphatic rings. The van der Waals surface area contributed by atoms with E-state index in [4.69, 9.17) is 14.4 Å². The van der Waals surface area contributed by atoms with E-state index in [1.165, 1.54) is 0 Å². The molecule has 3 rings (SSSR count). The van der Waals surface area contributed by atoms with Gasteiger partial charge in [-0.05, 0) is 67.8 Å². The van der Waals surface area contributed by atoms with Gasteiger partial charge in [0, 0.05) is 24.0 Å². The van der Waals surface area contributed by atoms with Crippen molar-refractivity contribution >= 4 is 16.9 Å². The van der Waals surface area contributed by atoms with Gasteiger partial charge in [-0.25, -0.2) is 0 Å². The van der Waals surface area contributed by atoms with Crippen molar-refractivity contribution in [1.82, 2.24) is 5.32 Å². The predicted octanol–water partition coefficient (Wildman–Crippen LogP) is 5.43. The summed E-state index contributed by atoms with van der Waals surface area (Å²) < 4.78 is 11.3.